The lowest BCUT2D eigenvalue weighted by molar-refractivity contribution is -0.119. The van der Waals surface area contributed by atoms with Gasteiger partial charge in [-0.05, 0) is 32.4 Å². The number of fused-ring (bicyclic) bond motifs is 1. The molecule has 2 aromatic rings. The van der Waals surface area contributed by atoms with Crippen LogP contribution < -0.4 is 16.6 Å². The van der Waals surface area contributed by atoms with E-state index < -0.39 is 17.2 Å². The van der Waals surface area contributed by atoms with E-state index >= 15 is 0 Å². The number of nitrogens with zero attached hydrogens (tertiary/aromatic N) is 2. The van der Waals surface area contributed by atoms with Gasteiger partial charge in [0.05, 0.1) is 16.2 Å². The zero-order valence-corrected chi connectivity index (χ0v) is 14.6. The number of rotatable bonds is 5. The Morgan fingerprint density at radius 1 is 1.33 bits per heavy atom. The van der Waals surface area contributed by atoms with E-state index in [2.05, 4.69) is 4.98 Å². The van der Waals surface area contributed by atoms with Gasteiger partial charge in [0.15, 0.2) is 5.16 Å². The topological polar surface area (TPSA) is 107 Å². The second kappa shape index (κ2) is 7.48. The van der Waals surface area contributed by atoms with Crippen molar-refractivity contribution in [2.75, 3.05) is 0 Å². The highest BCUT2D eigenvalue weighted by atomic mass is 32.2. The third-order valence-electron chi connectivity index (χ3n) is 3.70. The van der Waals surface area contributed by atoms with Crippen LogP contribution >= 0.6 is 11.8 Å². The van der Waals surface area contributed by atoms with E-state index in [9.17, 15) is 14.4 Å². The number of para-hydroxylation sites is 1. The Labute approximate surface area is 143 Å². The predicted molar refractivity (Wildman–Crippen MR) is 94.1 cm³/mol. The molecule has 128 valence electrons. The lowest BCUT2D eigenvalue weighted by Gasteiger charge is -2.19. The second-order valence-electron chi connectivity index (χ2n) is 5.46. The first-order valence-electron chi connectivity index (χ1n) is 7.63. The number of thioether (sulfide) groups is 1. The van der Waals surface area contributed by atoms with Crippen LogP contribution in [0.5, 0.6) is 0 Å². The molecule has 0 spiro atoms. The van der Waals surface area contributed by atoms with Crippen LogP contribution in [0, 0.1) is 0 Å². The zero-order valence-electron chi connectivity index (χ0n) is 13.8. The summed E-state index contributed by atoms with van der Waals surface area (Å²) in [6.45, 7) is 5.53. The fraction of sp³-hybridized carbons (Fsp3) is 0.375. The number of nitrogens with one attached hydrogen (secondary N) is 1. The van der Waals surface area contributed by atoms with Crippen molar-refractivity contribution >= 4 is 34.6 Å². The average molecular weight is 348 g/mol. The van der Waals surface area contributed by atoms with Crippen molar-refractivity contribution in [3.63, 3.8) is 0 Å². The van der Waals surface area contributed by atoms with E-state index in [0.29, 0.717) is 16.1 Å². The first-order chi connectivity index (χ1) is 11.3. The molecule has 1 heterocycles. The molecule has 0 radical (unpaired) electrons. The van der Waals surface area contributed by atoms with Crippen molar-refractivity contribution in [1.82, 2.24) is 14.9 Å². The number of nitrogens with two attached hydrogens (primary N) is 1. The Bertz CT molecular complexity index is 834. The summed E-state index contributed by atoms with van der Waals surface area (Å²) in [5.74, 6) is -0.523. The highest BCUT2D eigenvalue weighted by Gasteiger charge is 2.21. The Morgan fingerprint density at radius 3 is 2.62 bits per heavy atom. The predicted octanol–water partition coefficient (Wildman–Crippen LogP) is 2.04. The molecule has 8 heteroatoms. The smallest absolute Gasteiger partial charge is 0.318 e. The number of carbonyl (C=O) groups excluding carboxylic acids is 2. The van der Waals surface area contributed by atoms with Crippen LogP contribution in [0.15, 0.2) is 34.2 Å². The van der Waals surface area contributed by atoms with Crippen LogP contribution in [0.1, 0.15) is 33.2 Å². The maximum atomic E-state index is 12.8. The summed E-state index contributed by atoms with van der Waals surface area (Å²) in [7, 11) is 0. The first kappa shape index (κ1) is 18.0. The number of primary amides is 1. The van der Waals surface area contributed by atoms with Crippen molar-refractivity contribution in [1.29, 1.82) is 0 Å². The third kappa shape index (κ3) is 3.76. The summed E-state index contributed by atoms with van der Waals surface area (Å²) < 4.78 is 1.60. The minimum Gasteiger partial charge on any atom is -0.351 e. The Morgan fingerprint density at radius 2 is 2.00 bits per heavy atom. The Hall–Kier alpha value is -2.35. The standard InChI is InChI=1S/C16H20N4O3S/c1-4-9(2)20-14(22)11-7-5-6-8-12(11)18-16(20)24-10(3)13(21)19-15(17)23/h5-10H,4H2,1-3H3,(H3,17,19,21,23)/t9-,10+/m1/s1. The molecule has 0 aliphatic heterocycles. The highest BCUT2D eigenvalue weighted by Crippen LogP contribution is 2.25. The largest absolute Gasteiger partial charge is 0.351 e. The maximum absolute atomic E-state index is 12.8. The third-order valence-corrected chi connectivity index (χ3v) is 4.77. The van der Waals surface area contributed by atoms with E-state index in [1.54, 1.807) is 35.8 Å². The SMILES string of the molecule is CC[C@@H](C)n1c(S[C@@H](C)C(=O)NC(N)=O)nc2ccccc2c1=O. The van der Waals surface area contributed by atoms with Crippen LogP contribution in [0.2, 0.25) is 0 Å². The minimum absolute atomic E-state index is 0.0662. The lowest BCUT2D eigenvalue weighted by Crippen LogP contribution is -2.39. The van der Waals surface area contributed by atoms with E-state index in [-0.39, 0.29) is 11.6 Å². The molecule has 0 fully saturated rings. The van der Waals surface area contributed by atoms with Gasteiger partial charge in [0.25, 0.3) is 5.56 Å². The minimum atomic E-state index is -0.904. The number of amides is 3. The second-order valence-corrected chi connectivity index (χ2v) is 6.77. The molecule has 0 saturated heterocycles. The Kier molecular flexibility index (Phi) is 5.61. The van der Waals surface area contributed by atoms with Gasteiger partial charge in [0, 0.05) is 6.04 Å². The van der Waals surface area contributed by atoms with Gasteiger partial charge in [-0.1, -0.05) is 30.8 Å². The number of aromatic nitrogens is 2. The normalized spacial score (nSPS) is 13.5. The summed E-state index contributed by atoms with van der Waals surface area (Å²) in [6.07, 6.45) is 0.745. The molecule has 0 saturated carbocycles. The van der Waals surface area contributed by atoms with E-state index in [0.717, 1.165) is 18.2 Å². The number of urea groups is 1. The molecule has 0 aliphatic rings. The molecule has 3 N–H and O–H groups in total. The molecule has 0 unspecified atom stereocenters. The number of hydrogen-bond donors (Lipinski definition) is 2. The fourth-order valence-electron chi connectivity index (χ4n) is 2.21. The molecule has 0 aliphatic carbocycles. The molecule has 1 aromatic heterocycles. The van der Waals surface area contributed by atoms with Gasteiger partial charge in [0.2, 0.25) is 5.91 Å². The summed E-state index contributed by atoms with van der Waals surface area (Å²) in [6, 6.07) is 6.13. The Balaban J connectivity index is 2.49. The van der Waals surface area contributed by atoms with E-state index in [1.807, 2.05) is 19.2 Å². The zero-order chi connectivity index (χ0) is 17.9. The number of imide groups is 1. The van der Waals surface area contributed by atoms with E-state index in [4.69, 9.17) is 5.73 Å². The van der Waals surface area contributed by atoms with Gasteiger partial charge in [-0.15, -0.1) is 0 Å². The molecule has 7 nitrogen and oxygen atoms in total. The number of hydrogen-bond acceptors (Lipinski definition) is 5. The van der Waals surface area contributed by atoms with Crippen molar-refractivity contribution in [2.45, 2.75) is 43.6 Å². The van der Waals surface area contributed by atoms with Crippen molar-refractivity contribution in [3.8, 4) is 0 Å². The van der Waals surface area contributed by atoms with Crippen LogP contribution in [0.25, 0.3) is 10.9 Å². The van der Waals surface area contributed by atoms with Crippen molar-refractivity contribution < 1.29 is 9.59 Å². The van der Waals surface area contributed by atoms with Crippen LogP contribution in [-0.4, -0.2) is 26.7 Å². The van der Waals surface area contributed by atoms with Crippen molar-refractivity contribution in [2.24, 2.45) is 5.73 Å². The fourth-order valence-corrected chi connectivity index (χ4v) is 3.22. The van der Waals surface area contributed by atoms with Crippen LogP contribution in [0.3, 0.4) is 0 Å². The van der Waals surface area contributed by atoms with Crippen LogP contribution in [0.4, 0.5) is 4.79 Å². The van der Waals surface area contributed by atoms with Gasteiger partial charge in [-0.3, -0.25) is 19.5 Å². The van der Waals surface area contributed by atoms with Gasteiger partial charge in [-0.2, -0.15) is 0 Å². The molecule has 0 bridgehead atoms. The highest BCUT2D eigenvalue weighted by molar-refractivity contribution is 8.00. The molecule has 2 rings (SSSR count). The van der Waals surface area contributed by atoms with Gasteiger partial charge >= 0.3 is 6.03 Å². The lowest BCUT2D eigenvalue weighted by atomic mass is 10.2. The molecular formula is C16H20N4O3S. The molecule has 3 amide bonds. The quantitative estimate of drug-likeness (QED) is 0.635. The summed E-state index contributed by atoms with van der Waals surface area (Å²) in [5.41, 5.74) is 5.41. The van der Waals surface area contributed by atoms with Crippen molar-refractivity contribution in [3.05, 3.63) is 34.6 Å². The molecule has 24 heavy (non-hydrogen) atoms. The van der Waals surface area contributed by atoms with Gasteiger partial charge < -0.3 is 5.73 Å². The van der Waals surface area contributed by atoms with Gasteiger partial charge in [0.1, 0.15) is 0 Å². The monoisotopic (exact) mass is 348 g/mol. The van der Waals surface area contributed by atoms with Crippen LogP contribution in [-0.2, 0) is 4.79 Å². The van der Waals surface area contributed by atoms with Gasteiger partial charge in [-0.25, -0.2) is 9.78 Å². The summed E-state index contributed by atoms with van der Waals surface area (Å²) in [5, 5.41) is 2.40. The summed E-state index contributed by atoms with van der Waals surface area (Å²) >= 11 is 1.13. The summed E-state index contributed by atoms with van der Waals surface area (Å²) in [4.78, 5) is 40.1. The number of carbonyl (C=O) groups is 2. The van der Waals surface area contributed by atoms with E-state index in [1.165, 1.54) is 0 Å². The maximum Gasteiger partial charge on any atom is 0.318 e. The number of benzene rings is 1. The molecule has 1 aromatic carbocycles. The molecular weight excluding hydrogens is 328 g/mol. The first-order valence-corrected chi connectivity index (χ1v) is 8.51. The average Bonchev–Trinajstić information content (AvgIpc) is 2.54. The molecule has 2 atom stereocenters.